The van der Waals surface area contributed by atoms with Crippen LogP contribution in [0.15, 0.2) is 18.3 Å². The number of pyridine rings is 1. The van der Waals surface area contributed by atoms with Crippen molar-refractivity contribution in [2.24, 2.45) is 5.84 Å². The Bertz CT molecular complexity index is 513. The minimum Gasteiger partial charge on any atom is -0.450 e. The highest BCUT2D eigenvalue weighted by molar-refractivity contribution is 5.88. The van der Waals surface area contributed by atoms with Crippen LogP contribution in [0.2, 0.25) is 0 Å². The van der Waals surface area contributed by atoms with Gasteiger partial charge in [0.15, 0.2) is 0 Å². The third-order valence-electron chi connectivity index (χ3n) is 3.27. The molecule has 22 heavy (non-hydrogen) atoms. The monoisotopic (exact) mass is 308 g/mol. The number of carbonyl (C=O) groups is 2. The van der Waals surface area contributed by atoms with Gasteiger partial charge in [0.1, 0.15) is 5.82 Å². The van der Waals surface area contributed by atoms with Crippen molar-refractivity contribution in [3.8, 4) is 0 Å². The molecule has 0 spiro atoms. The van der Waals surface area contributed by atoms with E-state index in [2.05, 4.69) is 15.2 Å². The average Bonchev–Trinajstić information content (AvgIpc) is 2.56. The van der Waals surface area contributed by atoms with Gasteiger partial charge in [-0.1, -0.05) is 0 Å². The van der Waals surface area contributed by atoms with Crippen molar-refractivity contribution in [1.82, 2.24) is 15.3 Å². The summed E-state index contributed by atoms with van der Waals surface area (Å²) in [6.07, 6.45) is 1.28. The Labute approximate surface area is 128 Å². The third-order valence-corrected chi connectivity index (χ3v) is 3.27. The zero-order valence-electron chi connectivity index (χ0n) is 12.4. The van der Waals surface area contributed by atoms with Crippen LogP contribution in [-0.4, -0.2) is 54.8 Å². The van der Waals surface area contributed by atoms with Gasteiger partial charge in [0.05, 0.1) is 18.5 Å². The van der Waals surface area contributed by atoms with Crippen LogP contribution in [0.5, 0.6) is 0 Å². The molecule has 9 heteroatoms. The maximum atomic E-state index is 11.6. The summed E-state index contributed by atoms with van der Waals surface area (Å²) in [5.41, 5.74) is 2.53. The van der Waals surface area contributed by atoms with Crippen LogP contribution in [0.25, 0.3) is 0 Å². The molecule has 0 saturated carbocycles. The molecule has 1 aromatic heterocycles. The molecule has 0 aromatic carbocycles. The lowest BCUT2D eigenvalue weighted by molar-refractivity contribution is 0.105. The molecule has 1 aliphatic rings. The van der Waals surface area contributed by atoms with E-state index in [1.54, 1.807) is 24.1 Å². The van der Waals surface area contributed by atoms with E-state index in [9.17, 15) is 9.59 Å². The molecular weight excluding hydrogens is 288 g/mol. The second-order valence-electron chi connectivity index (χ2n) is 4.68. The molecule has 0 atom stereocenters. The minimum atomic E-state index is -0.502. The summed E-state index contributed by atoms with van der Waals surface area (Å²) in [5.74, 6) is 5.79. The average molecular weight is 308 g/mol. The number of hydrogen-bond donors (Lipinski definition) is 3. The smallest absolute Gasteiger partial charge is 0.409 e. The Kier molecular flexibility index (Phi) is 5.37. The number of piperazine rings is 1. The quantitative estimate of drug-likeness (QED) is 0.422. The van der Waals surface area contributed by atoms with Crippen molar-refractivity contribution in [3.05, 3.63) is 18.3 Å². The van der Waals surface area contributed by atoms with E-state index in [-0.39, 0.29) is 6.09 Å². The molecule has 2 heterocycles. The second kappa shape index (κ2) is 7.46. The molecule has 1 aliphatic heterocycles. The fourth-order valence-electron chi connectivity index (χ4n) is 2.15. The standard InChI is InChI=1S/C13H20N6O3/c1-2-22-13(21)19-7-5-18(6-8-19)11-4-3-10(9-15-11)16-12(20)17-14/h3-4,9H,2,5-8,14H2,1H3,(H2,16,17,20). The van der Waals surface area contributed by atoms with Gasteiger partial charge in [-0.05, 0) is 19.1 Å². The number of rotatable bonds is 3. The Morgan fingerprint density at radius 1 is 1.32 bits per heavy atom. The summed E-state index contributed by atoms with van der Waals surface area (Å²) in [4.78, 5) is 30.8. The first-order chi connectivity index (χ1) is 10.6. The van der Waals surface area contributed by atoms with Gasteiger partial charge < -0.3 is 19.9 Å². The molecule has 3 amide bonds. The Hall–Kier alpha value is -2.55. The lowest BCUT2D eigenvalue weighted by Crippen LogP contribution is -2.49. The number of aromatic nitrogens is 1. The summed E-state index contributed by atoms with van der Waals surface area (Å²) in [7, 11) is 0. The maximum absolute atomic E-state index is 11.6. The molecule has 9 nitrogen and oxygen atoms in total. The topological polar surface area (TPSA) is 113 Å². The normalized spacial score (nSPS) is 14.5. The van der Waals surface area contributed by atoms with Crippen LogP contribution < -0.4 is 21.5 Å². The van der Waals surface area contributed by atoms with Crippen molar-refractivity contribution in [3.63, 3.8) is 0 Å². The molecule has 0 radical (unpaired) electrons. The molecular formula is C13H20N6O3. The molecule has 0 aliphatic carbocycles. The van der Waals surface area contributed by atoms with Crippen LogP contribution in [-0.2, 0) is 4.74 Å². The van der Waals surface area contributed by atoms with Crippen LogP contribution in [0.3, 0.4) is 0 Å². The molecule has 1 fully saturated rings. The van der Waals surface area contributed by atoms with Crippen molar-refractivity contribution < 1.29 is 14.3 Å². The van der Waals surface area contributed by atoms with E-state index in [1.807, 2.05) is 11.5 Å². The maximum Gasteiger partial charge on any atom is 0.409 e. The summed E-state index contributed by atoms with van der Waals surface area (Å²) in [6.45, 7) is 4.72. The number of hydrogen-bond acceptors (Lipinski definition) is 6. The van der Waals surface area contributed by atoms with Gasteiger partial charge in [0.2, 0.25) is 0 Å². The lowest BCUT2D eigenvalue weighted by atomic mass is 10.3. The largest absolute Gasteiger partial charge is 0.450 e. The van der Waals surface area contributed by atoms with Crippen molar-refractivity contribution in [2.45, 2.75) is 6.92 Å². The third kappa shape index (κ3) is 3.98. The number of urea groups is 1. The summed E-state index contributed by atoms with van der Waals surface area (Å²) >= 11 is 0. The van der Waals surface area contributed by atoms with Gasteiger partial charge in [-0.2, -0.15) is 0 Å². The molecule has 0 unspecified atom stereocenters. The second-order valence-corrected chi connectivity index (χ2v) is 4.68. The fourth-order valence-corrected chi connectivity index (χ4v) is 2.15. The highest BCUT2D eigenvalue weighted by Crippen LogP contribution is 2.16. The summed E-state index contributed by atoms with van der Waals surface area (Å²) in [6, 6.07) is 3.05. The Morgan fingerprint density at radius 3 is 2.59 bits per heavy atom. The number of nitrogens with zero attached hydrogens (tertiary/aromatic N) is 3. The number of hydrazine groups is 1. The molecule has 0 bridgehead atoms. The zero-order chi connectivity index (χ0) is 15.9. The number of carbonyl (C=O) groups excluding carboxylic acids is 2. The first-order valence-electron chi connectivity index (χ1n) is 7.04. The van der Waals surface area contributed by atoms with E-state index in [0.717, 1.165) is 5.82 Å². The lowest BCUT2D eigenvalue weighted by Gasteiger charge is -2.34. The van der Waals surface area contributed by atoms with E-state index in [4.69, 9.17) is 10.6 Å². The van der Waals surface area contributed by atoms with Crippen LogP contribution >= 0.6 is 0 Å². The number of ether oxygens (including phenoxy) is 1. The first kappa shape index (κ1) is 15.8. The Balaban J connectivity index is 1.88. The number of nitrogens with one attached hydrogen (secondary N) is 2. The van der Waals surface area contributed by atoms with Crippen LogP contribution in [0.1, 0.15) is 6.92 Å². The van der Waals surface area contributed by atoms with Crippen LogP contribution in [0.4, 0.5) is 21.1 Å². The molecule has 1 saturated heterocycles. The number of amides is 3. The van der Waals surface area contributed by atoms with Crippen molar-refractivity contribution >= 4 is 23.6 Å². The SMILES string of the molecule is CCOC(=O)N1CCN(c2ccc(NC(=O)NN)cn2)CC1. The summed E-state index contributed by atoms with van der Waals surface area (Å²) < 4.78 is 4.98. The predicted octanol–water partition coefficient (Wildman–Crippen LogP) is 0.355. The van der Waals surface area contributed by atoms with E-state index < -0.39 is 6.03 Å². The van der Waals surface area contributed by atoms with Gasteiger partial charge in [-0.15, -0.1) is 0 Å². The van der Waals surface area contributed by atoms with Gasteiger partial charge in [-0.3, -0.25) is 5.43 Å². The van der Waals surface area contributed by atoms with Crippen LogP contribution in [0, 0.1) is 0 Å². The van der Waals surface area contributed by atoms with Gasteiger partial charge in [0, 0.05) is 26.2 Å². The molecule has 4 N–H and O–H groups in total. The van der Waals surface area contributed by atoms with E-state index in [0.29, 0.717) is 38.5 Å². The highest BCUT2D eigenvalue weighted by atomic mass is 16.6. The predicted molar refractivity (Wildman–Crippen MR) is 81.4 cm³/mol. The fraction of sp³-hybridized carbons (Fsp3) is 0.462. The zero-order valence-corrected chi connectivity index (χ0v) is 12.4. The minimum absolute atomic E-state index is 0.276. The number of nitrogens with two attached hydrogens (primary N) is 1. The number of anilines is 2. The first-order valence-corrected chi connectivity index (χ1v) is 7.04. The van der Waals surface area contributed by atoms with Gasteiger partial charge >= 0.3 is 12.1 Å². The molecule has 2 rings (SSSR count). The van der Waals surface area contributed by atoms with E-state index in [1.165, 1.54) is 0 Å². The Morgan fingerprint density at radius 2 is 2.05 bits per heavy atom. The van der Waals surface area contributed by atoms with Gasteiger partial charge in [0.25, 0.3) is 0 Å². The van der Waals surface area contributed by atoms with Crippen molar-refractivity contribution in [2.75, 3.05) is 43.0 Å². The molecule has 1 aromatic rings. The molecule has 120 valence electrons. The van der Waals surface area contributed by atoms with E-state index >= 15 is 0 Å². The summed E-state index contributed by atoms with van der Waals surface area (Å²) in [5, 5.41) is 2.53. The van der Waals surface area contributed by atoms with Gasteiger partial charge in [-0.25, -0.2) is 20.4 Å². The van der Waals surface area contributed by atoms with Crippen molar-refractivity contribution in [1.29, 1.82) is 0 Å². The highest BCUT2D eigenvalue weighted by Gasteiger charge is 2.22.